The normalized spacial score (nSPS) is 17.5. The molecule has 2 aromatic carbocycles. The molecule has 1 amide bonds. The molecule has 1 unspecified atom stereocenters. The van der Waals surface area contributed by atoms with Gasteiger partial charge in [-0.3, -0.25) is 9.69 Å². The van der Waals surface area contributed by atoms with Crippen molar-refractivity contribution in [3.8, 4) is 0 Å². The molecule has 1 aliphatic rings. The van der Waals surface area contributed by atoms with Crippen LogP contribution in [0.25, 0.3) is 0 Å². The lowest BCUT2D eigenvalue weighted by atomic mass is 9.89. The van der Waals surface area contributed by atoms with Crippen molar-refractivity contribution in [3.63, 3.8) is 0 Å². The van der Waals surface area contributed by atoms with E-state index < -0.39 is 96.1 Å². The highest BCUT2D eigenvalue weighted by Crippen LogP contribution is 2.45. The van der Waals surface area contributed by atoms with E-state index in [1.807, 2.05) is 0 Å². The molecule has 0 spiro atoms. The van der Waals surface area contributed by atoms with Gasteiger partial charge in [-0.1, -0.05) is 5.10 Å². The lowest BCUT2D eigenvalue weighted by molar-refractivity contribution is -0.144. The summed E-state index contributed by atoms with van der Waals surface area (Å²) in [4.78, 5) is 28.0. The predicted molar refractivity (Wildman–Crippen MR) is 153 cm³/mol. The van der Waals surface area contributed by atoms with Crippen LogP contribution in [0.3, 0.4) is 0 Å². The maximum Gasteiger partial charge on any atom is 0.416 e. The Morgan fingerprint density at radius 3 is 2.08 bits per heavy atom. The SMILES string of the molecule is COC(=O)[C@H](N)Cn1nnc(N(Cc2cc(C(F)(F)F)cc(C(F)(F)F)c2)C2C[C@@H](C)N(C(=O)OC(C)C)c3ccc(C(F)(F)F)cc32)n1. The average molecular weight is 712 g/mol. The van der Waals surface area contributed by atoms with E-state index in [1.54, 1.807) is 13.8 Å². The smallest absolute Gasteiger partial charge is 0.416 e. The highest BCUT2D eigenvalue weighted by molar-refractivity contribution is 5.90. The monoisotopic (exact) mass is 711 g/mol. The molecule has 2 N–H and O–H groups in total. The Hall–Kier alpha value is -4.62. The van der Waals surface area contributed by atoms with Crippen LogP contribution < -0.4 is 15.5 Å². The molecule has 0 fully saturated rings. The second-order valence-electron chi connectivity index (χ2n) is 11.5. The lowest BCUT2D eigenvalue weighted by Gasteiger charge is -2.43. The molecule has 20 heteroatoms. The van der Waals surface area contributed by atoms with Crippen molar-refractivity contribution in [1.82, 2.24) is 20.2 Å². The number of methoxy groups -OCH3 is 1. The molecule has 4 rings (SSSR count). The van der Waals surface area contributed by atoms with Gasteiger partial charge >= 0.3 is 30.6 Å². The van der Waals surface area contributed by atoms with Gasteiger partial charge in [-0.25, -0.2) is 4.79 Å². The molecule has 268 valence electrons. The van der Waals surface area contributed by atoms with Crippen molar-refractivity contribution in [1.29, 1.82) is 0 Å². The topological polar surface area (TPSA) is 129 Å². The number of tetrazole rings is 1. The second-order valence-corrected chi connectivity index (χ2v) is 11.5. The maximum absolute atomic E-state index is 14.0. The molecule has 0 bridgehead atoms. The molecule has 3 atom stereocenters. The summed E-state index contributed by atoms with van der Waals surface area (Å²) in [7, 11) is 1.06. The number of esters is 1. The molecule has 3 aromatic rings. The van der Waals surface area contributed by atoms with Crippen molar-refractivity contribution < 1.29 is 58.6 Å². The van der Waals surface area contributed by atoms with Gasteiger partial charge in [0.2, 0.25) is 0 Å². The molecular formula is C29H30F9N7O4. The fourth-order valence-electron chi connectivity index (χ4n) is 5.30. The third-order valence-corrected chi connectivity index (χ3v) is 7.45. The average Bonchev–Trinajstić information content (AvgIpc) is 3.44. The molecule has 1 aromatic heterocycles. The highest BCUT2D eigenvalue weighted by Gasteiger charge is 2.42. The van der Waals surface area contributed by atoms with E-state index in [9.17, 15) is 49.1 Å². The number of nitrogens with two attached hydrogens (primary N) is 1. The molecule has 0 radical (unpaired) electrons. The number of carbonyl (C=O) groups is 2. The summed E-state index contributed by atoms with van der Waals surface area (Å²) in [6.45, 7) is 3.40. The Balaban J connectivity index is 1.93. The minimum absolute atomic E-state index is 0.0625. The number of rotatable bonds is 8. The fourth-order valence-corrected chi connectivity index (χ4v) is 5.30. The molecule has 11 nitrogen and oxygen atoms in total. The maximum atomic E-state index is 14.0. The molecule has 2 heterocycles. The van der Waals surface area contributed by atoms with E-state index in [1.165, 1.54) is 6.92 Å². The summed E-state index contributed by atoms with van der Waals surface area (Å²) in [5.74, 6) is -1.32. The third-order valence-electron chi connectivity index (χ3n) is 7.45. The molecular weight excluding hydrogens is 681 g/mol. The van der Waals surface area contributed by atoms with Gasteiger partial charge in [0.25, 0.3) is 5.95 Å². The van der Waals surface area contributed by atoms with Crippen molar-refractivity contribution in [2.75, 3.05) is 16.9 Å². The van der Waals surface area contributed by atoms with Crippen LogP contribution in [0.1, 0.15) is 61.1 Å². The predicted octanol–water partition coefficient (Wildman–Crippen LogP) is 6.12. The van der Waals surface area contributed by atoms with Crippen LogP contribution in [-0.4, -0.2) is 57.6 Å². The van der Waals surface area contributed by atoms with Crippen LogP contribution in [0.5, 0.6) is 0 Å². The van der Waals surface area contributed by atoms with E-state index in [0.717, 1.165) is 39.9 Å². The molecule has 0 aliphatic carbocycles. The van der Waals surface area contributed by atoms with E-state index in [2.05, 4.69) is 20.1 Å². The van der Waals surface area contributed by atoms with Gasteiger partial charge in [-0.05, 0) is 79.9 Å². The number of amides is 1. The van der Waals surface area contributed by atoms with Crippen LogP contribution in [0, 0.1) is 0 Å². The van der Waals surface area contributed by atoms with Gasteiger partial charge in [0.15, 0.2) is 0 Å². The summed E-state index contributed by atoms with van der Waals surface area (Å²) >= 11 is 0. The number of aromatic nitrogens is 4. The summed E-state index contributed by atoms with van der Waals surface area (Å²) in [5, 5.41) is 11.7. The number of anilines is 2. The van der Waals surface area contributed by atoms with Gasteiger partial charge in [0.05, 0.1) is 48.2 Å². The summed E-state index contributed by atoms with van der Waals surface area (Å²) < 4.78 is 134. The van der Waals surface area contributed by atoms with Crippen molar-refractivity contribution in [2.45, 2.75) is 83.0 Å². The van der Waals surface area contributed by atoms with Crippen LogP contribution in [0.15, 0.2) is 36.4 Å². The number of halogens is 9. The summed E-state index contributed by atoms with van der Waals surface area (Å²) in [6, 6.07) is -0.114. The van der Waals surface area contributed by atoms with Gasteiger partial charge in [0.1, 0.15) is 6.04 Å². The van der Waals surface area contributed by atoms with Crippen molar-refractivity contribution in [2.24, 2.45) is 5.73 Å². The zero-order chi connectivity index (χ0) is 36.6. The Kier molecular flexibility index (Phi) is 10.4. The van der Waals surface area contributed by atoms with Crippen LogP contribution in [-0.2, 0) is 45.9 Å². The van der Waals surface area contributed by atoms with Gasteiger partial charge in [0, 0.05) is 12.6 Å². The third kappa shape index (κ3) is 8.52. The lowest BCUT2D eigenvalue weighted by Crippen LogP contribution is -2.47. The van der Waals surface area contributed by atoms with Crippen LogP contribution in [0.2, 0.25) is 0 Å². The van der Waals surface area contributed by atoms with E-state index in [0.29, 0.717) is 12.1 Å². The minimum atomic E-state index is -5.20. The first kappa shape index (κ1) is 37.2. The molecule has 1 aliphatic heterocycles. The van der Waals surface area contributed by atoms with Gasteiger partial charge in [-0.2, -0.15) is 44.3 Å². The summed E-state index contributed by atoms with van der Waals surface area (Å²) in [6.07, 6.45) is -17.0. The van der Waals surface area contributed by atoms with Gasteiger partial charge in [-0.15, -0.1) is 5.10 Å². The number of hydrogen-bond donors (Lipinski definition) is 1. The Morgan fingerprint density at radius 2 is 1.55 bits per heavy atom. The van der Waals surface area contributed by atoms with E-state index in [-0.39, 0.29) is 23.7 Å². The molecule has 49 heavy (non-hydrogen) atoms. The number of ether oxygens (including phenoxy) is 2. The van der Waals surface area contributed by atoms with Gasteiger partial charge < -0.3 is 20.1 Å². The summed E-state index contributed by atoms with van der Waals surface area (Å²) in [5.41, 5.74) is 0.559. The number of benzene rings is 2. The first-order valence-corrected chi connectivity index (χ1v) is 14.5. The van der Waals surface area contributed by atoms with E-state index in [4.69, 9.17) is 10.5 Å². The molecule has 0 saturated heterocycles. The molecule has 0 saturated carbocycles. The zero-order valence-electron chi connectivity index (χ0n) is 26.2. The first-order valence-electron chi connectivity index (χ1n) is 14.5. The van der Waals surface area contributed by atoms with Crippen molar-refractivity contribution in [3.05, 3.63) is 64.2 Å². The Bertz CT molecular complexity index is 1640. The zero-order valence-corrected chi connectivity index (χ0v) is 26.2. The fraction of sp³-hybridized carbons (Fsp3) is 0.483. The Morgan fingerprint density at radius 1 is 0.959 bits per heavy atom. The minimum Gasteiger partial charge on any atom is -0.468 e. The Labute approximate surface area is 272 Å². The van der Waals surface area contributed by atoms with Crippen molar-refractivity contribution >= 4 is 23.7 Å². The number of nitrogens with zero attached hydrogens (tertiary/aromatic N) is 6. The number of alkyl halides is 9. The largest absolute Gasteiger partial charge is 0.468 e. The quantitative estimate of drug-likeness (QED) is 0.217. The van der Waals surface area contributed by atoms with Crippen LogP contribution in [0.4, 0.5) is 55.9 Å². The standard InChI is InChI=1S/C29H30F9N7O4/c1-14(2)49-26(47)45-15(3)7-23(20-11-17(27(30,31)32)5-6-22(20)45)43(25-40-42-44(41-25)13-21(39)24(46)48-4)12-16-8-18(28(33,34)35)10-19(9-16)29(36,37)38/h5-6,8-11,14-15,21,23H,7,12-13,39H2,1-4H3/t15-,21-,23?/m1/s1. The first-order chi connectivity index (χ1) is 22.6. The number of fused-ring (bicyclic) bond motifs is 1. The highest BCUT2D eigenvalue weighted by atomic mass is 19.4. The number of carbonyl (C=O) groups excluding carboxylic acids is 2. The van der Waals surface area contributed by atoms with Crippen LogP contribution >= 0.6 is 0 Å². The second kappa shape index (κ2) is 13.7. The number of hydrogen-bond acceptors (Lipinski definition) is 9. The van der Waals surface area contributed by atoms with E-state index >= 15 is 0 Å².